The van der Waals surface area contributed by atoms with Crippen molar-refractivity contribution in [1.82, 2.24) is 9.97 Å². The summed E-state index contributed by atoms with van der Waals surface area (Å²) in [4.78, 5) is 8.32. The Morgan fingerprint density at radius 2 is 1.66 bits per heavy atom. The minimum atomic E-state index is -0.992. The summed E-state index contributed by atoms with van der Waals surface area (Å²) in [7, 11) is 0. The molecule has 4 nitrogen and oxygen atoms in total. The van der Waals surface area contributed by atoms with Gasteiger partial charge in [0.2, 0.25) is 0 Å². The molecule has 150 valence electrons. The van der Waals surface area contributed by atoms with E-state index in [4.69, 9.17) is 0 Å². The van der Waals surface area contributed by atoms with Crippen LogP contribution in [0.15, 0.2) is 54.9 Å². The molecule has 0 amide bonds. The molecule has 0 spiro atoms. The Morgan fingerprint density at radius 3 is 2.31 bits per heavy atom. The minimum absolute atomic E-state index is 0.00832. The Hall–Kier alpha value is -3.12. The first kappa shape index (κ1) is 20.6. The van der Waals surface area contributed by atoms with E-state index in [1.54, 1.807) is 43.3 Å². The molecule has 0 radical (unpaired) electrons. The molecule has 1 heterocycles. The summed E-state index contributed by atoms with van der Waals surface area (Å²) in [5.41, 5.74) is 1.65. The summed E-state index contributed by atoms with van der Waals surface area (Å²) in [6, 6.07) is 9.50. The predicted octanol–water partition coefficient (Wildman–Crippen LogP) is 5.36. The van der Waals surface area contributed by atoms with Crippen molar-refractivity contribution in [3.8, 4) is 28.3 Å². The number of phenols is 1. The number of aliphatic hydroxyl groups excluding tert-OH is 1. The van der Waals surface area contributed by atoms with Gasteiger partial charge >= 0.3 is 0 Å². The third-order valence-corrected chi connectivity index (χ3v) is 4.50. The van der Waals surface area contributed by atoms with Crippen LogP contribution in [-0.4, -0.2) is 26.3 Å². The first-order chi connectivity index (χ1) is 14.0. The maximum Gasteiger partial charge on any atom is 0.170 e. The van der Waals surface area contributed by atoms with E-state index < -0.39 is 11.6 Å². The maximum atomic E-state index is 14.5. The number of benzene rings is 2. The van der Waals surface area contributed by atoms with E-state index in [-0.39, 0.29) is 28.8 Å². The highest BCUT2D eigenvalue weighted by Gasteiger charge is 2.15. The first-order valence-corrected chi connectivity index (χ1v) is 9.40. The van der Waals surface area contributed by atoms with Crippen molar-refractivity contribution in [2.75, 3.05) is 0 Å². The number of allylic oxidation sites excluding steroid dienone is 1. The molecule has 1 aromatic heterocycles. The van der Waals surface area contributed by atoms with Gasteiger partial charge in [0.15, 0.2) is 17.5 Å². The Bertz CT molecular complexity index is 985. The molecule has 0 bridgehead atoms. The molecule has 2 aromatic carbocycles. The fourth-order valence-electron chi connectivity index (χ4n) is 2.88. The average molecular weight is 396 g/mol. The number of phenolic OH excluding ortho intramolecular Hbond substituents is 1. The highest BCUT2D eigenvalue weighted by atomic mass is 19.2. The summed E-state index contributed by atoms with van der Waals surface area (Å²) >= 11 is 0. The van der Waals surface area contributed by atoms with Crippen molar-refractivity contribution in [2.24, 2.45) is 0 Å². The van der Waals surface area contributed by atoms with Gasteiger partial charge in [-0.2, -0.15) is 0 Å². The summed E-state index contributed by atoms with van der Waals surface area (Å²) < 4.78 is 29.0. The van der Waals surface area contributed by atoms with Crippen molar-refractivity contribution in [3.05, 3.63) is 72.1 Å². The lowest BCUT2D eigenvalue weighted by molar-refractivity contribution is 0.182. The minimum Gasteiger partial charge on any atom is -0.508 e. The normalized spacial score (nSPS) is 12.4. The largest absolute Gasteiger partial charge is 0.508 e. The number of unbranched alkanes of at least 4 members (excludes halogenated alkanes) is 1. The third-order valence-electron chi connectivity index (χ3n) is 4.50. The summed E-state index contributed by atoms with van der Waals surface area (Å²) in [6.07, 6.45) is 8.12. The molecule has 3 rings (SSSR count). The van der Waals surface area contributed by atoms with Crippen LogP contribution in [0.4, 0.5) is 8.78 Å². The van der Waals surface area contributed by atoms with Crippen molar-refractivity contribution < 1.29 is 19.0 Å². The molecule has 0 saturated carbocycles. The molecule has 29 heavy (non-hydrogen) atoms. The van der Waals surface area contributed by atoms with E-state index in [0.29, 0.717) is 18.4 Å². The van der Waals surface area contributed by atoms with Crippen LogP contribution in [0.5, 0.6) is 5.75 Å². The lowest BCUT2D eigenvalue weighted by atomic mass is 10.1. The van der Waals surface area contributed by atoms with E-state index in [9.17, 15) is 19.0 Å². The van der Waals surface area contributed by atoms with Crippen LogP contribution in [0.25, 0.3) is 28.6 Å². The molecule has 0 fully saturated rings. The van der Waals surface area contributed by atoms with Crippen LogP contribution < -0.4 is 0 Å². The van der Waals surface area contributed by atoms with E-state index in [1.165, 1.54) is 24.5 Å². The Kier molecular flexibility index (Phi) is 6.67. The SMILES string of the molecule is CC(O)CCC/C=C/c1ccc(-c2ncc(-c3ccc(O)cc3)cn2)c(F)c1F. The zero-order chi connectivity index (χ0) is 20.8. The van der Waals surface area contributed by atoms with Crippen LogP contribution in [-0.2, 0) is 0 Å². The fraction of sp³-hybridized carbons (Fsp3) is 0.217. The van der Waals surface area contributed by atoms with Gasteiger partial charge in [0.05, 0.1) is 11.7 Å². The quantitative estimate of drug-likeness (QED) is 0.528. The van der Waals surface area contributed by atoms with Gasteiger partial charge in [0.1, 0.15) is 5.75 Å². The number of nitrogens with zero attached hydrogens (tertiary/aromatic N) is 2. The lowest BCUT2D eigenvalue weighted by Gasteiger charge is -2.07. The monoisotopic (exact) mass is 396 g/mol. The van der Waals surface area contributed by atoms with Crippen LogP contribution >= 0.6 is 0 Å². The summed E-state index contributed by atoms with van der Waals surface area (Å²) in [5, 5.41) is 18.6. The molecule has 0 aliphatic carbocycles. The van der Waals surface area contributed by atoms with Crippen LogP contribution in [0, 0.1) is 11.6 Å². The molecule has 3 aromatic rings. The molecule has 2 N–H and O–H groups in total. The molecule has 6 heteroatoms. The number of hydrogen-bond acceptors (Lipinski definition) is 4. The highest BCUT2D eigenvalue weighted by molar-refractivity contribution is 5.65. The van der Waals surface area contributed by atoms with Gasteiger partial charge in [-0.15, -0.1) is 0 Å². The maximum absolute atomic E-state index is 14.5. The van der Waals surface area contributed by atoms with Gasteiger partial charge in [0.25, 0.3) is 0 Å². The standard InChI is InChI=1S/C23H22F2N2O2/c1-15(28)5-3-2-4-6-17-9-12-20(22(25)21(17)24)23-26-13-18(14-27-23)16-7-10-19(29)11-8-16/h4,6-15,28-29H,2-3,5H2,1H3/b6-4+. The molecule has 1 atom stereocenters. The third kappa shape index (κ3) is 5.23. The Morgan fingerprint density at radius 1 is 0.966 bits per heavy atom. The second kappa shape index (κ2) is 9.39. The molecular formula is C23H22F2N2O2. The van der Waals surface area contributed by atoms with Crippen molar-refractivity contribution in [3.63, 3.8) is 0 Å². The smallest absolute Gasteiger partial charge is 0.170 e. The fourth-order valence-corrected chi connectivity index (χ4v) is 2.88. The number of aliphatic hydroxyl groups is 1. The van der Waals surface area contributed by atoms with Crippen molar-refractivity contribution in [2.45, 2.75) is 32.3 Å². The molecule has 0 aliphatic rings. The Balaban J connectivity index is 1.76. The van der Waals surface area contributed by atoms with Gasteiger partial charge in [-0.1, -0.05) is 30.4 Å². The zero-order valence-electron chi connectivity index (χ0n) is 16.0. The van der Waals surface area contributed by atoms with Gasteiger partial charge in [-0.3, -0.25) is 0 Å². The second-order valence-electron chi connectivity index (χ2n) is 6.85. The second-order valence-corrected chi connectivity index (χ2v) is 6.85. The van der Waals surface area contributed by atoms with E-state index in [1.807, 2.05) is 0 Å². The number of rotatable bonds is 7. The average Bonchev–Trinajstić information content (AvgIpc) is 2.71. The van der Waals surface area contributed by atoms with Gasteiger partial charge in [0, 0.05) is 23.5 Å². The number of hydrogen-bond donors (Lipinski definition) is 2. The number of halogens is 2. The molecule has 0 aliphatic heterocycles. The summed E-state index contributed by atoms with van der Waals surface area (Å²) in [6.45, 7) is 1.72. The summed E-state index contributed by atoms with van der Waals surface area (Å²) in [5.74, 6) is -1.69. The highest BCUT2D eigenvalue weighted by Crippen LogP contribution is 2.26. The zero-order valence-corrected chi connectivity index (χ0v) is 16.0. The molecule has 0 saturated heterocycles. The van der Waals surface area contributed by atoms with Gasteiger partial charge in [-0.25, -0.2) is 18.7 Å². The first-order valence-electron chi connectivity index (χ1n) is 9.40. The van der Waals surface area contributed by atoms with E-state index >= 15 is 0 Å². The van der Waals surface area contributed by atoms with Gasteiger partial charge < -0.3 is 10.2 Å². The van der Waals surface area contributed by atoms with Crippen molar-refractivity contribution in [1.29, 1.82) is 0 Å². The predicted molar refractivity (Wildman–Crippen MR) is 109 cm³/mol. The van der Waals surface area contributed by atoms with Crippen molar-refractivity contribution >= 4 is 6.08 Å². The number of aromatic hydroxyl groups is 1. The van der Waals surface area contributed by atoms with Crippen LogP contribution in [0.3, 0.4) is 0 Å². The Labute approximate surface area is 168 Å². The van der Waals surface area contributed by atoms with Crippen LogP contribution in [0.1, 0.15) is 31.7 Å². The topological polar surface area (TPSA) is 66.2 Å². The molecule has 1 unspecified atom stereocenters. The van der Waals surface area contributed by atoms with E-state index in [0.717, 1.165) is 12.0 Å². The lowest BCUT2D eigenvalue weighted by Crippen LogP contribution is -1.98. The molecular weight excluding hydrogens is 374 g/mol. The van der Waals surface area contributed by atoms with E-state index in [2.05, 4.69) is 9.97 Å². The van der Waals surface area contributed by atoms with Gasteiger partial charge in [-0.05, 0) is 49.9 Å². The number of aromatic nitrogens is 2. The van der Waals surface area contributed by atoms with Crippen LogP contribution in [0.2, 0.25) is 0 Å².